The molecule has 0 bridgehead atoms. The molecule has 39 heavy (non-hydrogen) atoms. The molecule has 3 rings (SSSR count). The van der Waals surface area contributed by atoms with E-state index in [1.807, 2.05) is 86.6 Å². The van der Waals surface area contributed by atoms with E-state index < -0.39 is 25.6 Å². The van der Waals surface area contributed by atoms with Crippen molar-refractivity contribution in [3.8, 4) is 0 Å². The topological polar surface area (TPSA) is 94.2 Å². The molecule has 3 aromatic rings. The molecule has 210 valence electrons. The van der Waals surface area contributed by atoms with Crippen LogP contribution in [0.2, 0.25) is 0 Å². The van der Waals surface area contributed by atoms with Crippen LogP contribution >= 0.6 is 7.60 Å². The van der Waals surface area contributed by atoms with Crippen LogP contribution < -0.4 is 5.32 Å². The maximum absolute atomic E-state index is 13.5. The predicted octanol–water partition coefficient (Wildman–Crippen LogP) is 6.39. The maximum Gasteiger partial charge on any atom is 0.349 e. The molecule has 0 aromatic heterocycles. The van der Waals surface area contributed by atoms with Gasteiger partial charge in [0.25, 0.3) is 0 Å². The van der Waals surface area contributed by atoms with E-state index in [2.05, 4.69) is 5.32 Å². The minimum atomic E-state index is -3.55. The molecule has 0 heterocycles. The van der Waals surface area contributed by atoms with Crippen molar-refractivity contribution in [3.05, 3.63) is 83.9 Å². The standard InChI is InChI=1S/C30H39N2O6P/c1-5-37-39(35,38-6-2)22-32(20-23(3)4)30(34)31-28(29(33)36-21-24-12-8-7-9-13-24)19-25-16-17-26-14-10-11-15-27(26)18-25/h7-18,23,28H,5-6,19-22H2,1-4H3,(H,31,34)/t28-/m0/s1. The van der Waals surface area contributed by atoms with Crippen molar-refractivity contribution >= 4 is 30.4 Å². The van der Waals surface area contributed by atoms with E-state index in [-0.39, 0.29) is 38.4 Å². The van der Waals surface area contributed by atoms with Gasteiger partial charge in [0.2, 0.25) is 0 Å². The minimum Gasteiger partial charge on any atom is -0.459 e. The molecular formula is C30H39N2O6P. The Balaban J connectivity index is 1.83. The van der Waals surface area contributed by atoms with Crippen LogP contribution in [0, 0.1) is 5.92 Å². The van der Waals surface area contributed by atoms with Crippen molar-refractivity contribution < 1.29 is 27.9 Å². The molecule has 8 nitrogen and oxygen atoms in total. The highest BCUT2D eigenvalue weighted by molar-refractivity contribution is 7.53. The van der Waals surface area contributed by atoms with E-state index in [9.17, 15) is 14.2 Å². The molecule has 0 spiro atoms. The number of carbonyl (C=O) groups is 2. The molecule has 1 atom stereocenters. The van der Waals surface area contributed by atoms with Crippen molar-refractivity contribution in [1.29, 1.82) is 0 Å². The number of nitrogens with one attached hydrogen (secondary N) is 1. The first kappa shape index (κ1) is 30.4. The molecule has 0 saturated carbocycles. The number of nitrogens with zero attached hydrogens (tertiary/aromatic N) is 1. The Kier molecular flexibility index (Phi) is 11.5. The lowest BCUT2D eigenvalue weighted by atomic mass is 10.0. The largest absolute Gasteiger partial charge is 0.459 e. The van der Waals surface area contributed by atoms with E-state index in [1.165, 1.54) is 4.90 Å². The number of amides is 2. The number of fused-ring (bicyclic) bond motifs is 1. The Morgan fingerprint density at radius 1 is 0.872 bits per heavy atom. The van der Waals surface area contributed by atoms with Gasteiger partial charge in [0.1, 0.15) is 18.9 Å². The summed E-state index contributed by atoms with van der Waals surface area (Å²) in [5.41, 5.74) is 1.72. The third-order valence-corrected chi connectivity index (χ3v) is 7.92. The minimum absolute atomic E-state index is 0.0800. The van der Waals surface area contributed by atoms with Crippen LogP contribution in [0.3, 0.4) is 0 Å². The Bertz CT molecular complexity index is 1260. The van der Waals surface area contributed by atoms with E-state index in [1.54, 1.807) is 13.8 Å². The van der Waals surface area contributed by atoms with Crippen LogP contribution in [0.1, 0.15) is 38.8 Å². The molecule has 0 aliphatic heterocycles. The molecule has 0 aliphatic carbocycles. The maximum atomic E-state index is 13.5. The SMILES string of the molecule is CCOP(=O)(CN(CC(C)C)C(=O)N[C@@H](Cc1ccc2ccccc2c1)C(=O)OCc1ccccc1)OCC. The number of benzene rings is 3. The fourth-order valence-corrected chi connectivity index (χ4v) is 5.92. The highest BCUT2D eigenvalue weighted by Crippen LogP contribution is 2.48. The van der Waals surface area contributed by atoms with Gasteiger partial charge < -0.3 is 24.0 Å². The monoisotopic (exact) mass is 554 g/mol. The van der Waals surface area contributed by atoms with Gasteiger partial charge in [-0.2, -0.15) is 0 Å². The Morgan fingerprint density at radius 2 is 1.51 bits per heavy atom. The van der Waals surface area contributed by atoms with E-state index in [0.29, 0.717) is 6.54 Å². The van der Waals surface area contributed by atoms with E-state index >= 15 is 0 Å². The summed E-state index contributed by atoms with van der Waals surface area (Å²) in [7, 11) is -3.55. The lowest BCUT2D eigenvalue weighted by Crippen LogP contribution is -2.50. The Labute approximate surface area is 231 Å². The van der Waals surface area contributed by atoms with Gasteiger partial charge in [0.05, 0.1) is 13.2 Å². The van der Waals surface area contributed by atoms with Crippen LogP contribution in [0.4, 0.5) is 4.79 Å². The number of carbonyl (C=O) groups excluding carboxylic acids is 2. The van der Waals surface area contributed by atoms with Crippen molar-refractivity contribution in [2.45, 2.75) is 46.8 Å². The highest BCUT2D eigenvalue weighted by Gasteiger charge is 2.32. The first-order valence-corrected chi connectivity index (χ1v) is 15.1. The summed E-state index contributed by atoms with van der Waals surface area (Å²) in [5, 5.41) is 4.96. The second kappa shape index (κ2) is 14.8. The summed E-state index contributed by atoms with van der Waals surface area (Å²) in [6.07, 6.45) is 0.00868. The molecule has 9 heteroatoms. The zero-order chi connectivity index (χ0) is 28.3. The third kappa shape index (κ3) is 9.50. The van der Waals surface area contributed by atoms with Crippen LogP contribution in [0.5, 0.6) is 0 Å². The number of hydrogen-bond donors (Lipinski definition) is 1. The molecule has 0 aliphatic rings. The summed E-state index contributed by atoms with van der Waals surface area (Å²) in [5.74, 6) is -0.473. The van der Waals surface area contributed by atoms with Crippen LogP contribution in [-0.2, 0) is 36.2 Å². The number of hydrogen-bond acceptors (Lipinski definition) is 6. The Hall–Kier alpha value is -3.19. The number of ether oxygens (including phenoxy) is 1. The lowest BCUT2D eigenvalue weighted by Gasteiger charge is -2.30. The van der Waals surface area contributed by atoms with Crippen molar-refractivity contribution in [3.63, 3.8) is 0 Å². The average molecular weight is 555 g/mol. The summed E-state index contributed by atoms with van der Waals surface area (Å²) < 4.78 is 29.7. The van der Waals surface area contributed by atoms with Gasteiger partial charge in [0.15, 0.2) is 0 Å². The lowest BCUT2D eigenvalue weighted by molar-refractivity contribution is -0.147. The normalized spacial score (nSPS) is 12.3. The second-order valence-electron chi connectivity index (χ2n) is 9.69. The van der Waals surface area contributed by atoms with E-state index in [4.69, 9.17) is 13.8 Å². The van der Waals surface area contributed by atoms with Gasteiger partial charge in [-0.1, -0.05) is 86.6 Å². The fourth-order valence-electron chi connectivity index (χ4n) is 4.23. The molecule has 1 N–H and O–H groups in total. The van der Waals surface area contributed by atoms with Gasteiger partial charge in [-0.05, 0) is 41.7 Å². The molecular weight excluding hydrogens is 515 g/mol. The van der Waals surface area contributed by atoms with Crippen molar-refractivity contribution in [2.24, 2.45) is 5.92 Å². The van der Waals surface area contributed by atoms with Gasteiger partial charge in [-0.3, -0.25) is 4.57 Å². The molecule has 0 unspecified atom stereocenters. The molecule has 0 radical (unpaired) electrons. The summed E-state index contributed by atoms with van der Waals surface area (Å²) in [6, 6.07) is 21.8. The third-order valence-electron chi connectivity index (χ3n) is 5.93. The Morgan fingerprint density at radius 3 is 2.15 bits per heavy atom. The van der Waals surface area contributed by atoms with Crippen molar-refractivity contribution in [2.75, 3.05) is 26.0 Å². The number of urea groups is 1. The van der Waals surface area contributed by atoms with Gasteiger partial charge >= 0.3 is 19.6 Å². The van der Waals surface area contributed by atoms with Crippen molar-refractivity contribution in [1.82, 2.24) is 10.2 Å². The molecule has 0 saturated heterocycles. The van der Waals surface area contributed by atoms with Gasteiger partial charge in [-0.25, -0.2) is 9.59 Å². The highest BCUT2D eigenvalue weighted by atomic mass is 31.2. The zero-order valence-electron chi connectivity index (χ0n) is 23.2. The molecule has 0 fully saturated rings. The summed E-state index contributed by atoms with van der Waals surface area (Å²) in [6.45, 7) is 8.11. The first-order valence-electron chi connectivity index (χ1n) is 13.3. The number of esters is 1. The van der Waals surface area contributed by atoms with Gasteiger partial charge in [0, 0.05) is 13.0 Å². The second-order valence-corrected chi connectivity index (χ2v) is 11.7. The molecule has 3 aromatic carbocycles. The van der Waals surface area contributed by atoms with Crippen LogP contribution in [0.25, 0.3) is 10.8 Å². The fraction of sp³-hybridized carbons (Fsp3) is 0.400. The smallest absolute Gasteiger partial charge is 0.349 e. The summed E-state index contributed by atoms with van der Waals surface area (Å²) in [4.78, 5) is 28.2. The van der Waals surface area contributed by atoms with E-state index in [0.717, 1.165) is 21.9 Å². The summed E-state index contributed by atoms with van der Waals surface area (Å²) >= 11 is 0. The van der Waals surface area contributed by atoms with Crippen LogP contribution in [0.15, 0.2) is 72.8 Å². The van der Waals surface area contributed by atoms with Gasteiger partial charge in [-0.15, -0.1) is 0 Å². The first-order chi connectivity index (χ1) is 18.7. The quantitative estimate of drug-likeness (QED) is 0.183. The zero-order valence-corrected chi connectivity index (χ0v) is 24.1. The molecule has 2 amide bonds. The number of rotatable bonds is 14. The van der Waals surface area contributed by atoms with Crippen LogP contribution in [-0.4, -0.2) is 49.0 Å². The predicted molar refractivity (Wildman–Crippen MR) is 153 cm³/mol. The average Bonchev–Trinajstić information content (AvgIpc) is 2.91.